The monoisotopic (exact) mass is 790 g/mol. The fraction of sp³-hybridized carbons (Fsp3) is 0.375. The lowest BCUT2D eigenvalue weighted by Crippen LogP contribution is -2.33. The number of hydrogen-bond donors (Lipinski definition) is 2. The van der Waals surface area contributed by atoms with Crippen molar-refractivity contribution in [3.05, 3.63) is 117 Å². The molecule has 2 aromatic heterocycles. The number of piperidine rings is 2. The van der Waals surface area contributed by atoms with Gasteiger partial charge in [0, 0.05) is 61.0 Å². The van der Waals surface area contributed by atoms with Crippen LogP contribution in [-0.2, 0) is 35.7 Å². The van der Waals surface area contributed by atoms with Gasteiger partial charge in [0.25, 0.3) is 0 Å². The zero-order valence-corrected chi connectivity index (χ0v) is 33.6. The predicted octanol–water partition coefficient (Wildman–Crippen LogP) is 6.83. The average molecular weight is 791 g/mol. The molecule has 2 saturated carbocycles. The summed E-state index contributed by atoms with van der Waals surface area (Å²) in [5.74, 6) is 2.22. The number of nitrogens with one attached hydrogen (secondary N) is 2. The minimum absolute atomic E-state index is 0.00302. The number of sulfonamides is 2. The molecule has 9 nitrogen and oxygen atoms in total. The second-order valence-electron chi connectivity index (χ2n) is 15.2. The molecule has 13 heteroatoms. The van der Waals surface area contributed by atoms with Gasteiger partial charge in [-0.3, -0.25) is 19.1 Å². The molecule has 2 saturated heterocycles. The summed E-state index contributed by atoms with van der Waals surface area (Å²) in [5, 5.41) is 8.27. The fourth-order valence-electron chi connectivity index (χ4n) is 8.64. The lowest BCUT2D eigenvalue weighted by Gasteiger charge is -2.24. The first-order valence-corrected chi connectivity index (χ1v) is 23.4. The van der Waals surface area contributed by atoms with Gasteiger partial charge >= 0.3 is 0 Å². The van der Waals surface area contributed by atoms with E-state index in [0.717, 1.165) is 50.1 Å². The number of likely N-dealkylation sites (tertiary alicyclic amines) is 2. The van der Waals surface area contributed by atoms with Crippen LogP contribution in [0, 0.1) is 23.7 Å². The van der Waals surface area contributed by atoms with Crippen LogP contribution in [0.3, 0.4) is 0 Å². The molecule has 2 aliphatic carbocycles. The molecule has 4 aromatic rings. The molecule has 1 amide bonds. The summed E-state index contributed by atoms with van der Waals surface area (Å²) in [6.45, 7) is 9.24. The zero-order chi connectivity index (χ0) is 37.6. The van der Waals surface area contributed by atoms with E-state index in [1.807, 2.05) is 58.1 Å². The Kier molecular flexibility index (Phi) is 10.3. The van der Waals surface area contributed by atoms with Crippen LogP contribution in [0.25, 0.3) is 12.2 Å². The van der Waals surface area contributed by atoms with Gasteiger partial charge < -0.3 is 4.90 Å². The van der Waals surface area contributed by atoms with Gasteiger partial charge in [0.05, 0.1) is 12.5 Å². The van der Waals surface area contributed by atoms with E-state index in [-0.39, 0.29) is 16.7 Å². The number of thiophene rings is 2. The molecule has 2 N–H and O–H groups in total. The first-order chi connectivity index (χ1) is 25.1. The molecule has 4 unspecified atom stereocenters. The smallest absolute Gasteiger partial charge is 0.246 e. The van der Waals surface area contributed by atoms with Gasteiger partial charge in [-0.1, -0.05) is 50.3 Å². The number of anilines is 2. The number of amides is 1. The van der Waals surface area contributed by atoms with E-state index in [9.17, 15) is 21.6 Å². The molecule has 2 aromatic carbocycles. The summed E-state index contributed by atoms with van der Waals surface area (Å²) >= 11 is 3.34. The third-order valence-corrected chi connectivity index (χ3v) is 14.3. The third kappa shape index (κ3) is 8.34. The first-order valence-electron chi connectivity index (χ1n) is 17.7. The SMILES string of the molecule is CC1(c2cccc(NS(C)(=O)=O)c2)C2CN(C(=O)/C=C/c3ccsc3)CC21.CC1(c2cccc(NS(C)(=O)=O)c2)C2CN(C/C=C/c3ccsc3)CC21. The molecule has 0 radical (unpaired) electrons. The molecule has 4 atom stereocenters. The van der Waals surface area contributed by atoms with Gasteiger partial charge in [0.1, 0.15) is 0 Å². The molecule has 4 fully saturated rings. The van der Waals surface area contributed by atoms with Gasteiger partial charge in [0.15, 0.2) is 0 Å². The van der Waals surface area contributed by atoms with Crippen LogP contribution in [0.5, 0.6) is 0 Å². The highest BCUT2D eigenvalue weighted by Gasteiger charge is 2.66. The highest BCUT2D eigenvalue weighted by atomic mass is 32.2. The quantitative estimate of drug-likeness (QED) is 0.161. The Morgan fingerprint density at radius 3 is 1.66 bits per heavy atom. The summed E-state index contributed by atoms with van der Waals surface area (Å²) < 4.78 is 51.0. The Hall–Kier alpha value is -3.75. The van der Waals surface area contributed by atoms with E-state index >= 15 is 0 Å². The van der Waals surface area contributed by atoms with Gasteiger partial charge in [-0.15, -0.1) is 0 Å². The minimum Gasteiger partial charge on any atom is -0.339 e. The Balaban J connectivity index is 0.000000164. The predicted molar refractivity (Wildman–Crippen MR) is 218 cm³/mol. The van der Waals surface area contributed by atoms with Crippen molar-refractivity contribution < 1.29 is 21.6 Å². The van der Waals surface area contributed by atoms with Crippen molar-refractivity contribution in [2.24, 2.45) is 23.7 Å². The number of carbonyl (C=O) groups is 1. The van der Waals surface area contributed by atoms with Gasteiger partial charge in [-0.25, -0.2) is 16.8 Å². The van der Waals surface area contributed by atoms with Gasteiger partial charge in [-0.05, 0) is 110 Å². The van der Waals surface area contributed by atoms with Crippen molar-refractivity contribution in [3.63, 3.8) is 0 Å². The van der Waals surface area contributed by atoms with Crippen molar-refractivity contribution in [2.45, 2.75) is 24.7 Å². The Labute approximate surface area is 321 Å². The fourth-order valence-corrected chi connectivity index (χ4v) is 11.0. The third-order valence-electron chi connectivity index (χ3n) is 11.6. The summed E-state index contributed by atoms with van der Waals surface area (Å²) in [7, 11) is -6.53. The van der Waals surface area contributed by atoms with Crippen LogP contribution in [-0.4, -0.2) is 77.8 Å². The Morgan fingerprint density at radius 1 is 0.736 bits per heavy atom. The van der Waals surface area contributed by atoms with E-state index in [4.69, 9.17) is 0 Å². The molecule has 4 heterocycles. The van der Waals surface area contributed by atoms with Crippen LogP contribution >= 0.6 is 22.7 Å². The molecular formula is C40H46N4O5S4. The Morgan fingerprint density at radius 2 is 1.21 bits per heavy atom. The topological polar surface area (TPSA) is 116 Å². The van der Waals surface area contributed by atoms with E-state index < -0.39 is 20.0 Å². The van der Waals surface area contributed by atoms with Crippen molar-refractivity contribution >= 4 is 72.2 Å². The van der Waals surface area contributed by atoms with E-state index in [0.29, 0.717) is 35.0 Å². The van der Waals surface area contributed by atoms with Gasteiger partial charge in [-0.2, -0.15) is 22.7 Å². The van der Waals surface area contributed by atoms with E-state index in [1.54, 1.807) is 34.8 Å². The summed E-state index contributed by atoms with van der Waals surface area (Å²) in [5.41, 5.74) is 6.13. The highest BCUT2D eigenvalue weighted by molar-refractivity contribution is 7.92. The number of benzene rings is 2. The number of nitrogens with zero attached hydrogens (tertiary/aromatic N) is 2. The summed E-state index contributed by atoms with van der Waals surface area (Å²) in [6.07, 6.45) is 10.3. The van der Waals surface area contributed by atoms with Crippen LogP contribution < -0.4 is 9.44 Å². The molecule has 280 valence electrons. The van der Waals surface area contributed by atoms with Crippen LogP contribution in [0.2, 0.25) is 0 Å². The lowest BCUT2D eigenvalue weighted by atomic mass is 9.92. The summed E-state index contributed by atoms with van der Waals surface area (Å²) in [4.78, 5) is 16.9. The molecular weight excluding hydrogens is 745 g/mol. The van der Waals surface area contributed by atoms with Crippen molar-refractivity contribution in [3.8, 4) is 0 Å². The lowest BCUT2D eigenvalue weighted by molar-refractivity contribution is -0.125. The van der Waals surface area contributed by atoms with Crippen molar-refractivity contribution in [2.75, 3.05) is 54.7 Å². The molecule has 0 spiro atoms. The number of hydrogen-bond acceptors (Lipinski definition) is 8. The molecule has 2 aliphatic heterocycles. The molecule has 53 heavy (non-hydrogen) atoms. The summed E-state index contributed by atoms with van der Waals surface area (Å²) in [6, 6.07) is 19.6. The normalized spacial score (nSPS) is 27.7. The van der Waals surface area contributed by atoms with Crippen LogP contribution in [0.1, 0.15) is 36.1 Å². The number of carbonyl (C=O) groups excluding carboxylic acids is 1. The maximum Gasteiger partial charge on any atom is 0.246 e. The van der Waals surface area contributed by atoms with E-state index in [1.165, 1.54) is 17.4 Å². The van der Waals surface area contributed by atoms with E-state index in [2.05, 4.69) is 69.3 Å². The molecule has 0 bridgehead atoms. The van der Waals surface area contributed by atoms with Crippen LogP contribution in [0.4, 0.5) is 11.4 Å². The number of fused-ring (bicyclic) bond motifs is 2. The maximum atomic E-state index is 12.4. The zero-order valence-electron chi connectivity index (χ0n) is 30.3. The molecule has 4 aliphatic rings. The number of rotatable bonds is 11. The van der Waals surface area contributed by atoms with Gasteiger partial charge in [0.2, 0.25) is 26.0 Å². The second kappa shape index (κ2) is 14.5. The Bertz CT molecular complexity index is 2210. The highest BCUT2D eigenvalue weighted by Crippen LogP contribution is 2.64. The average Bonchev–Trinajstić information content (AvgIpc) is 3.68. The van der Waals surface area contributed by atoms with Crippen LogP contribution in [0.15, 0.2) is 94.3 Å². The van der Waals surface area contributed by atoms with Crippen molar-refractivity contribution in [1.82, 2.24) is 9.80 Å². The van der Waals surface area contributed by atoms with Crippen molar-refractivity contribution in [1.29, 1.82) is 0 Å². The largest absolute Gasteiger partial charge is 0.339 e. The maximum absolute atomic E-state index is 12.4. The minimum atomic E-state index is -3.29. The first kappa shape index (κ1) is 37.6. The molecule has 8 rings (SSSR count). The standard InChI is InChI=1S/C20H22N2O3S2.C20H24N2O2S2/c1-20(15-4-3-5-16(10-15)21-27(2,24)25)17-11-22(12-18(17)20)19(23)7-6-14-8-9-26-13-14;1-20(16-6-3-7-17(11-16)21-26(2,23)24)18-12-22(13-19(18)20)9-4-5-15-8-10-25-14-15/h3-10,13,17-18,21H,11-12H2,1-2H3;3-8,10-11,14,18-19,21H,9,12-13H2,1-2H3/b7-6+;5-4+. The second-order valence-corrected chi connectivity index (χ2v) is 20.3.